The molecule has 2 N–H and O–H groups in total. The topological polar surface area (TPSA) is 62.2 Å². The van der Waals surface area contributed by atoms with Crippen LogP contribution in [0.4, 0.5) is 0 Å². The highest BCUT2D eigenvalue weighted by atomic mass is 35.5. The van der Waals surface area contributed by atoms with E-state index in [-0.39, 0.29) is 11.8 Å². The number of aromatic nitrogens is 1. The van der Waals surface area contributed by atoms with Gasteiger partial charge in [0.1, 0.15) is 0 Å². The van der Waals surface area contributed by atoms with Gasteiger partial charge < -0.3 is 10.4 Å². The lowest BCUT2D eigenvalue weighted by molar-refractivity contribution is -0.137. The number of carboxylic acid groups (broad SMARTS) is 1. The molecule has 0 radical (unpaired) electrons. The third-order valence-corrected chi connectivity index (χ3v) is 3.51. The maximum absolute atomic E-state index is 10.6. The maximum atomic E-state index is 10.6. The van der Waals surface area contributed by atoms with Crippen molar-refractivity contribution in [2.24, 2.45) is 5.41 Å². The SMILES string of the molecule is CC(C)(CCNCc1ccncc1Cl)CCC(=O)O. The smallest absolute Gasteiger partial charge is 0.303 e. The predicted molar refractivity (Wildman–Crippen MR) is 76.2 cm³/mol. The Morgan fingerprint density at radius 3 is 2.84 bits per heavy atom. The minimum absolute atomic E-state index is 0.0351. The van der Waals surface area contributed by atoms with E-state index in [9.17, 15) is 4.79 Å². The third kappa shape index (κ3) is 6.55. The van der Waals surface area contributed by atoms with Gasteiger partial charge in [-0.25, -0.2) is 0 Å². The molecule has 1 rings (SSSR count). The summed E-state index contributed by atoms with van der Waals surface area (Å²) in [4.78, 5) is 14.5. The van der Waals surface area contributed by atoms with Crippen LogP contribution in [0.2, 0.25) is 5.02 Å². The molecule has 0 aliphatic carbocycles. The summed E-state index contributed by atoms with van der Waals surface area (Å²) in [5, 5.41) is 12.7. The van der Waals surface area contributed by atoms with Gasteiger partial charge in [0.25, 0.3) is 0 Å². The summed E-state index contributed by atoms with van der Waals surface area (Å²) < 4.78 is 0. The molecule has 5 heteroatoms. The lowest BCUT2D eigenvalue weighted by Crippen LogP contribution is -2.23. The van der Waals surface area contributed by atoms with E-state index >= 15 is 0 Å². The molecule has 0 atom stereocenters. The first-order valence-corrected chi connectivity index (χ1v) is 6.79. The van der Waals surface area contributed by atoms with Crippen molar-refractivity contribution < 1.29 is 9.90 Å². The quantitative estimate of drug-likeness (QED) is 0.720. The summed E-state index contributed by atoms with van der Waals surface area (Å²) in [5.74, 6) is -0.732. The van der Waals surface area contributed by atoms with Crippen LogP contribution in [0.15, 0.2) is 18.5 Å². The van der Waals surface area contributed by atoms with Crippen LogP contribution in [-0.4, -0.2) is 22.6 Å². The Morgan fingerprint density at radius 2 is 2.21 bits per heavy atom. The van der Waals surface area contributed by atoms with Crippen LogP contribution < -0.4 is 5.32 Å². The van der Waals surface area contributed by atoms with Gasteiger partial charge in [-0.1, -0.05) is 25.4 Å². The fraction of sp³-hybridized carbons (Fsp3) is 0.571. The largest absolute Gasteiger partial charge is 0.481 e. The number of carboxylic acids is 1. The fourth-order valence-corrected chi connectivity index (χ4v) is 1.95. The number of hydrogen-bond acceptors (Lipinski definition) is 3. The number of hydrogen-bond donors (Lipinski definition) is 2. The summed E-state index contributed by atoms with van der Waals surface area (Å²) in [6.45, 7) is 5.73. The number of pyridine rings is 1. The number of nitrogens with zero attached hydrogens (tertiary/aromatic N) is 1. The second-order valence-corrected chi connectivity index (χ2v) is 5.86. The molecule has 0 aliphatic heterocycles. The first-order valence-electron chi connectivity index (χ1n) is 6.42. The highest BCUT2D eigenvalue weighted by molar-refractivity contribution is 6.31. The zero-order valence-corrected chi connectivity index (χ0v) is 12.2. The first-order chi connectivity index (χ1) is 8.91. The van der Waals surface area contributed by atoms with Gasteiger partial charge in [-0.05, 0) is 36.4 Å². The molecule has 1 heterocycles. The Balaban J connectivity index is 2.27. The molecule has 0 unspecified atom stereocenters. The molecule has 106 valence electrons. The summed E-state index contributed by atoms with van der Waals surface area (Å²) in [5.41, 5.74) is 1.06. The van der Waals surface area contributed by atoms with E-state index in [1.165, 1.54) is 0 Å². The van der Waals surface area contributed by atoms with Gasteiger partial charge in [-0.15, -0.1) is 0 Å². The summed E-state index contributed by atoms with van der Waals surface area (Å²) in [6.07, 6.45) is 5.21. The lowest BCUT2D eigenvalue weighted by Gasteiger charge is -2.23. The van der Waals surface area contributed by atoms with Gasteiger partial charge in [-0.2, -0.15) is 0 Å². The minimum atomic E-state index is -0.732. The van der Waals surface area contributed by atoms with Crippen molar-refractivity contribution in [1.82, 2.24) is 10.3 Å². The van der Waals surface area contributed by atoms with Gasteiger partial charge in [0.2, 0.25) is 0 Å². The monoisotopic (exact) mass is 284 g/mol. The van der Waals surface area contributed by atoms with Gasteiger partial charge in [0, 0.05) is 25.4 Å². The molecule has 0 aliphatic rings. The predicted octanol–water partition coefficient (Wildman–Crippen LogP) is 3.11. The maximum Gasteiger partial charge on any atom is 0.303 e. The molecule has 0 saturated heterocycles. The van der Waals surface area contributed by atoms with Crippen molar-refractivity contribution in [3.8, 4) is 0 Å². The number of aliphatic carboxylic acids is 1. The Morgan fingerprint density at radius 1 is 1.47 bits per heavy atom. The highest BCUT2D eigenvalue weighted by Crippen LogP contribution is 2.26. The van der Waals surface area contributed by atoms with E-state index in [0.717, 1.165) is 18.5 Å². The zero-order chi connectivity index (χ0) is 14.3. The second-order valence-electron chi connectivity index (χ2n) is 5.45. The van der Waals surface area contributed by atoms with Crippen LogP contribution >= 0.6 is 11.6 Å². The Hall–Kier alpha value is -1.13. The van der Waals surface area contributed by atoms with Crippen molar-refractivity contribution in [3.05, 3.63) is 29.0 Å². The van der Waals surface area contributed by atoms with Crippen LogP contribution in [0, 0.1) is 5.41 Å². The molecule has 0 amide bonds. The highest BCUT2D eigenvalue weighted by Gasteiger charge is 2.18. The molecule has 0 bridgehead atoms. The van der Waals surface area contributed by atoms with Crippen LogP contribution in [0.25, 0.3) is 0 Å². The number of nitrogens with one attached hydrogen (secondary N) is 1. The minimum Gasteiger partial charge on any atom is -0.481 e. The van der Waals surface area contributed by atoms with E-state index in [0.29, 0.717) is 18.0 Å². The number of halogens is 1. The van der Waals surface area contributed by atoms with Crippen molar-refractivity contribution in [3.63, 3.8) is 0 Å². The standard InChI is InChI=1S/C14H21ClN2O2/c1-14(2,5-3-13(18)19)6-8-17-9-11-4-7-16-10-12(11)15/h4,7,10,17H,3,5-6,8-9H2,1-2H3,(H,18,19). The second kappa shape index (κ2) is 7.46. The van der Waals surface area contributed by atoms with Gasteiger partial charge >= 0.3 is 5.97 Å². The van der Waals surface area contributed by atoms with Crippen molar-refractivity contribution in [2.75, 3.05) is 6.54 Å². The molecule has 1 aromatic heterocycles. The van der Waals surface area contributed by atoms with Crippen LogP contribution in [0.5, 0.6) is 0 Å². The summed E-state index contributed by atoms with van der Waals surface area (Å²) in [7, 11) is 0. The Labute approximate surface area is 119 Å². The average molecular weight is 285 g/mol. The van der Waals surface area contributed by atoms with Gasteiger partial charge in [0.15, 0.2) is 0 Å². The van der Waals surface area contributed by atoms with Gasteiger partial charge in [-0.3, -0.25) is 9.78 Å². The van der Waals surface area contributed by atoms with Crippen LogP contribution in [0.1, 0.15) is 38.7 Å². The molecular formula is C14H21ClN2O2. The van der Waals surface area contributed by atoms with E-state index in [2.05, 4.69) is 24.1 Å². The first kappa shape index (κ1) is 15.9. The Kier molecular flexibility index (Phi) is 6.25. The van der Waals surface area contributed by atoms with Gasteiger partial charge in [0.05, 0.1) is 5.02 Å². The van der Waals surface area contributed by atoms with E-state index in [1.54, 1.807) is 12.4 Å². The van der Waals surface area contributed by atoms with Crippen molar-refractivity contribution in [1.29, 1.82) is 0 Å². The summed E-state index contributed by atoms with van der Waals surface area (Å²) in [6, 6.07) is 1.89. The molecule has 0 spiro atoms. The molecular weight excluding hydrogens is 264 g/mol. The zero-order valence-electron chi connectivity index (χ0n) is 11.4. The summed E-state index contributed by atoms with van der Waals surface area (Å²) >= 11 is 6.01. The number of rotatable bonds is 8. The lowest BCUT2D eigenvalue weighted by atomic mass is 9.84. The normalized spacial score (nSPS) is 11.5. The number of carbonyl (C=O) groups is 1. The molecule has 0 saturated carbocycles. The van der Waals surface area contributed by atoms with Crippen LogP contribution in [-0.2, 0) is 11.3 Å². The molecule has 1 aromatic rings. The van der Waals surface area contributed by atoms with Crippen molar-refractivity contribution in [2.45, 2.75) is 39.7 Å². The van der Waals surface area contributed by atoms with Crippen molar-refractivity contribution >= 4 is 17.6 Å². The van der Waals surface area contributed by atoms with E-state index in [4.69, 9.17) is 16.7 Å². The molecule has 0 aromatic carbocycles. The van der Waals surface area contributed by atoms with E-state index in [1.807, 2.05) is 6.07 Å². The molecule has 4 nitrogen and oxygen atoms in total. The molecule has 19 heavy (non-hydrogen) atoms. The average Bonchev–Trinajstić information content (AvgIpc) is 2.34. The van der Waals surface area contributed by atoms with Crippen LogP contribution in [0.3, 0.4) is 0 Å². The molecule has 0 fully saturated rings. The Bertz CT molecular complexity index is 422. The fourth-order valence-electron chi connectivity index (χ4n) is 1.77. The van der Waals surface area contributed by atoms with E-state index < -0.39 is 5.97 Å². The third-order valence-electron chi connectivity index (χ3n) is 3.17.